The average Bonchev–Trinajstić information content (AvgIpc) is 2.70. The average molecular weight is 311 g/mol. The molecule has 0 aliphatic heterocycles. The van der Waals surface area contributed by atoms with E-state index in [2.05, 4.69) is 21.2 Å². The van der Waals surface area contributed by atoms with Gasteiger partial charge in [-0.1, -0.05) is 22.0 Å². The van der Waals surface area contributed by atoms with Crippen molar-refractivity contribution in [2.24, 2.45) is 0 Å². The molecule has 5 heteroatoms. The molecule has 2 aromatic rings. The largest absolute Gasteiger partial charge is 0.397 e. The minimum absolute atomic E-state index is 0.173. The van der Waals surface area contributed by atoms with Gasteiger partial charge in [-0.2, -0.15) is 0 Å². The van der Waals surface area contributed by atoms with Crippen molar-refractivity contribution in [3.63, 3.8) is 0 Å². The number of nitrogens with two attached hydrogens (primary N) is 1. The maximum atomic E-state index is 11.9. The molecule has 1 aromatic carbocycles. The Morgan fingerprint density at radius 1 is 1.41 bits per heavy atom. The van der Waals surface area contributed by atoms with Gasteiger partial charge in [0.05, 0.1) is 5.69 Å². The van der Waals surface area contributed by atoms with E-state index in [-0.39, 0.29) is 5.91 Å². The highest BCUT2D eigenvalue weighted by atomic mass is 79.9. The van der Waals surface area contributed by atoms with Gasteiger partial charge in [0.15, 0.2) is 0 Å². The van der Waals surface area contributed by atoms with E-state index in [0.717, 1.165) is 15.7 Å². The van der Waals surface area contributed by atoms with Crippen LogP contribution in [0, 0.1) is 6.92 Å². The van der Waals surface area contributed by atoms with Gasteiger partial charge in [-0.25, -0.2) is 0 Å². The molecule has 1 amide bonds. The van der Waals surface area contributed by atoms with Crippen LogP contribution >= 0.6 is 27.3 Å². The van der Waals surface area contributed by atoms with Crippen molar-refractivity contribution in [1.82, 2.24) is 0 Å². The number of anilines is 2. The molecule has 0 saturated heterocycles. The maximum Gasteiger partial charge on any atom is 0.267 e. The highest BCUT2D eigenvalue weighted by Gasteiger charge is 2.11. The van der Waals surface area contributed by atoms with Crippen molar-refractivity contribution in [2.75, 3.05) is 11.1 Å². The summed E-state index contributed by atoms with van der Waals surface area (Å²) in [5.41, 5.74) is 8.08. The van der Waals surface area contributed by atoms with Gasteiger partial charge in [-0.15, -0.1) is 11.3 Å². The van der Waals surface area contributed by atoms with Gasteiger partial charge in [0.25, 0.3) is 5.91 Å². The van der Waals surface area contributed by atoms with E-state index in [1.165, 1.54) is 11.3 Å². The summed E-state index contributed by atoms with van der Waals surface area (Å²) < 4.78 is 0.967. The summed E-state index contributed by atoms with van der Waals surface area (Å²) >= 11 is 4.76. The fraction of sp³-hybridized carbons (Fsp3) is 0.0833. The molecule has 0 saturated carbocycles. The number of nitrogens with one attached hydrogen (secondary N) is 1. The molecule has 0 bridgehead atoms. The molecule has 88 valence electrons. The zero-order valence-corrected chi connectivity index (χ0v) is 11.6. The first-order chi connectivity index (χ1) is 8.08. The lowest BCUT2D eigenvalue weighted by atomic mass is 10.2. The van der Waals surface area contributed by atoms with E-state index in [0.29, 0.717) is 10.6 Å². The normalized spacial score (nSPS) is 10.2. The first kappa shape index (κ1) is 12.1. The first-order valence-corrected chi connectivity index (χ1v) is 6.65. The summed E-state index contributed by atoms with van der Waals surface area (Å²) in [5.74, 6) is -0.173. The van der Waals surface area contributed by atoms with Crippen LogP contribution < -0.4 is 11.1 Å². The van der Waals surface area contributed by atoms with Crippen LogP contribution in [0.1, 0.15) is 15.2 Å². The van der Waals surface area contributed by atoms with Gasteiger partial charge >= 0.3 is 0 Å². The third-order valence-corrected chi connectivity index (χ3v) is 4.11. The zero-order valence-electron chi connectivity index (χ0n) is 9.16. The Balaban J connectivity index is 2.19. The smallest absolute Gasteiger partial charge is 0.267 e. The monoisotopic (exact) mass is 310 g/mol. The minimum Gasteiger partial charge on any atom is -0.397 e. The van der Waals surface area contributed by atoms with Crippen molar-refractivity contribution < 1.29 is 4.79 Å². The molecular formula is C12H11BrN2OS. The highest BCUT2D eigenvalue weighted by Crippen LogP contribution is 2.23. The van der Waals surface area contributed by atoms with Crippen LogP contribution in [0.15, 0.2) is 34.1 Å². The topological polar surface area (TPSA) is 55.1 Å². The van der Waals surface area contributed by atoms with Crippen molar-refractivity contribution in [1.29, 1.82) is 0 Å². The number of hydrogen-bond acceptors (Lipinski definition) is 3. The summed E-state index contributed by atoms with van der Waals surface area (Å²) in [5, 5.41) is 4.62. The number of nitrogen functional groups attached to an aromatic ring is 1. The van der Waals surface area contributed by atoms with Crippen molar-refractivity contribution in [2.45, 2.75) is 6.92 Å². The minimum atomic E-state index is -0.173. The summed E-state index contributed by atoms with van der Waals surface area (Å²) in [7, 11) is 0. The third-order valence-electron chi connectivity index (χ3n) is 2.33. The number of halogens is 1. The van der Waals surface area contributed by atoms with Crippen LogP contribution in [0.25, 0.3) is 0 Å². The summed E-state index contributed by atoms with van der Waals surface area (Å²) in [6.07, 6.45) is 0. The van der Waals surface area contributed by atoms with Crippen LogP contribution in [-0.2, 0) is 0 Å². The SMILES string of the molecule is Cc1ccc(NC(=O)c2sccc2N)cc1Br. The fourth-order valence-corrected chi connectivity index (χ4v) is 2.45. The Kier molecular flexibility index (Phi) is 3.49. The third kappa shape index (κ3) is 2.68. The number of carbonyl (C=O) groups is 1. The molecule has 1 aromatic heterocycles. The summed E-state index contributed by atoms with van der Waals surface area (Å²) in [6, 6.07) is 7.40. The summed E-state index contributed by atoms with van der Waals surface area (Å²) in [6.45, 7) is 1.99. The lowest BCUT2D eigenvalue weighted by Crippen LogP contribution is -2.11. The first-order valence-electron chi connectivity index (χ1n) is 4.98. The molecule has 0 radical (unpaired) electrons. The number of amides is 1. The van der Waals surface area contributed by atoms with Gasteiger partial charge in [0.2, 0.25) is 0 Å². The molecule has 1 heterocycles. The molecule has 0 atom stereocenters. The zero-order chi connectivity index (χ0) is 12.4. The number of hydrogen-bond donors (Lipinski definition) is 2. The number of rotatable bonds is 2. The molecule has 0 aliphatic carbocycles. The van der Waals surface area contributed by atoms with Crippen LogP contribution in [0.5, 0.6) is 0 Å². The van der Waals surface area contributed by atoms with E-state index in [4.69, 9.17) is 5.73 Å². The summed E-state index contributed by atoms with van der Waals surface area (Å²) in [4.78, 5) is 12.4. The molecule has 3 nitrogen and oxygen atoms in total. The van der Waals surface area contributed by atoms with E-state index in [1.54, 1.807) is 11.4 Å². The highest BCUT2D eigenvalue weighted by molar-refractivity contribution is 9.10. The quantitative estimate of drug-likeness (QED) is 0.889. The number of thiophene rings is 1. The molecule has 0 aliphatic rings. The van der Waals surface area contributed by atoms with Crippen molar-refractivity contribution in [3.8, 4) is 0 Å². The van der Waals surface area contributed by atoms with Crippen LogP contribution in [-0.4, -0.2) is 5.91 Å². The van der Waals surface area contributed by atoms with Gasteiger partial charge in [-0.05, 0) is 36.1 Å². The molecule has 0 spiro atoms. The van der Waals surface area contributed by atoms with Crippen molar-refractivity contribution in [3.05, 3.63) is 44.6 Å². The van der Waals surface area contributed by atoms with Crippen LogP contribution in [0.2, 0.25) is 0 Å². The lowest BCUT2D eigenvalue weighted by molar-refractivity contribution is 0.103. The van der Waals surface area contributed by atoms with E-state index in [9.17, 15) is 4.79 Å². The van der Waals surface area contributed by atoms with Gasteiger partial charge in [0.1, 0.15) is 4.88 Å². The molecule has 0 unspecified atom stereocenters. The second-order valence-electron chi connectivity index (χ2n) is 3.62. The van der Waals surface area contributed by atoms with E-state index < -0.39 is 0 Å². The Hall–Kier alpha value is -1.33. The van der Waals surface area contributed by atoms with E-state index >= 15 is 0 Å². The molecule has 17 heavy (non-hydrogen) atoms. The molecular weight excluding hydrogens is 300 g/mol. The van der Waals surface area contributed by atoms with Crippen LogP contribution in [0.3, 0.4) is 0 Å². The van der Waals surface area contributed by atoms with Crippen LogP contribution in [0.4, 0.5) is 11.4 Å². The number of carbonyl (C=O) groups excluding carboxylic acids is 1. The van der Waals surface area contributed by atoms with Gasteiger partial charge in [0, 0.05) is 10.2 Å². The second-order valence-corrected chi connectivity index (χ2v) is 5.39. The standard InChI is InChI=1S/C12H11BrN2OS/c1-7-2-3-8(6-9(7)13)15-12(16)11-10(14)4-5-17-11/h2-6H,14H2,1H3,(H,15,16). The molecule has 0 fully saturated rings. The maximum absolute atomic E-state index is 11.9. The van der Waals surface area contributed by atoms with Gasteiger partial charge < -0.3 is 11.1 Å². The van der Waals surface area contributed by atoms with Crippen molar-refractivity contribution >= 4 is 44.5 Å². The number of aryl methyl sites for hydroxylation is 1. The molecule has 2 rings (SSSR count). The predicted molar refractivity (Wildman–Crippen MR) is 75.6 cm³/mol. The predicted octanol–water partition coefficient (Wildman–Crippen LogP) is 3.65. The van der Waals surface area contributed by atoms with E-state index in [1.807, 2.05) is 25.1 Å². The Bertz CT molecular complexity index is 565. The fourth-order valence-electron chi connectivity index (χ4n) is 1.36. The Morgan fingerprint density at radius 2 is 2.18 bits per heavy atom. The Morgan fingerprint density at radius 3 is 2.76 bits per heavy atom. The number of benzene rings is 1. The lowest BCUT2D eigenvalue weighted by Gasteiger charge is -2.06. The molecule has 3 N–H and O–H groups in total. The Labute approximate surface area is 112 Å². The van der Waals surface area contributed by atoms with Gasteiger partial charge in [-0.3, -0.25) is 4.79 Å². The second kappa shape index (κ2) is 4.89.